The second-order valence-corrected chi connectivity index (χ2v) is 5.30. The van der Waals surface area contributed by atoms with E-state index in [9.17, 15) is 9.59 Å². The first-order chi connectivity index (χ1) is 11.1. The van der Waals surface area contributed by atoms with Gasteiger partial charge < -0.3 is 10.2 Å². The molecule has 1 aliphatic rings. The van der Waals surface area contributed by atoms with Gasteiger partial charge in [0.1, 0.15) is 5.82 Å². The lowest BCUT2D eigenvalue weighted by molar-refractivity contribution is 0.0950. The van der Waals surface area contributed by atoms with E-state index in [1.54, 1.807) is 47.4 Å². The number of carbonyl (C=O) groups excluding carboxylic acids is 2. The van der Waals surface area contributed by atoms with Crippen molar-refractivity contribution in [1.29, 1.82) is 0 Å². The minimum absolute atomic E-state index is 0.0462. The van der Waals surface area contributed by atoms with E-state index in [0.29, 0.717) is 31.0 Å². The number of nitrogens with one attached hydrogen (secondary N) is 1. The fourth-order valence-electron chi connectivity index (χ4n) is 2.32. The number of anilines is 1. The molecule has 7 nitrogen and oxygen atoms in total. The molecule has 0 saturated carbocycles. The Balaban J connectivity index is 1.60. The highest BCUT2D eigenvalue weighted by molar-refractivity contribution is 5.94. The summed E-state index contributed by atoms with van der Waals surface area (Å²) < 4.78 is 0. The van der Waals surface area contributed by atoms with Crippen LogP contribution in [0.2, 0.25) is 0 Å². The molecule has 0 spiro atoms. The second kappa shape index (κ2) is 6.43. The number of rotatable bonds is 4. The highest BCUT2D eigenvalue weighted by Crippen LogP contribution is 2.17. The lowest BCUT2D eigenvalue weighted by atomic mass is 10.2. The number of urea groups is 1. The smallest absolute Gasteiger partial charge is 0.325 e. The van der Waals surface area contributed by atoms with E-state index in [1.165, 1.54) is 6.20 Å². The molecule has 0 bridgehead atoms. The SMILES string of the molecule is CN1CCN(c2ccc(CNC(=O)c3cccnc3)cn2)C1=O. The minimum atomic E-state index is -0.182. The summed E-state index contributed by atoms with van der Waals surface area (Å²) >= 11 is 0. The maximum Gasteiger partial charge on any atom is 0.325 e. The molecule has 3 amide bonds. The summed E-state index contributed by atoms with van der Waals surface area (Å²) in [6.45, 7) is 1.71. The molecule has 1 N–H and O–H groups in total. The third kappa shape index (κ3) is 3.28. The van der Waals surface area contributed by atoms with Gasteiger partial charge in [-0.3, -0.25) is 14.7 Å². The molecule has 0 radical (unpaired) electrons. The molecule has 1 aliphatic heterocycles. The van der Waals surface area contributed by atoms with Crippen LogP contribution in [0.3, 0.4) is 0 Å². The molecule has 1 fully saturated rings. The molecule has 23 heavy (non-hydrogen) atoms. The van der Waals surface area contributed by atoms with Crippen LogP contribution in [0.25, 0.3) is 0 Å². The quantitative estimate of drug-likeness (QED) is 0.922. The first kappa shape index (κ1) is 15.0. The number of hydrogen-bond donors (Lipinski definition) is 1. The lowest BCUT2D eigenvalue weighted by Crippen LogP contribution is -2.29. The van der Waals surface area contributed by atoms with Crippen LogP contribution in [0.5, 0.6) is 0 Å². The van der Waals surface area contributed by atoms with Gasteiger partial charge in [0.15, 0.2) is 0 Å². The van der Waals surface area contributed by atoms with E-state index >= 15 is 0 Å². The molecule has 3 rings (SSSR count). The number of amides is 3. The van der Waals surface area contributed by atoms with Gasteiger partial charge in [-0.2, -0.15) is 0 Å². The van der Waals surface area contributed by atoms with E-state index in [4.69, 9.17) is 0 Å². The molecular formula is C16H17N5O2. The van der Waals surface area contributed by atoms with Crippen LogP contribution >= 0.6 is 0 Å². The van der Waals surface area contributed by atoms with Gasteiger partial charge in [-0.05, 0) is 23.8 Å². The summed E-state index contributed by atoms with van der Waals surface area (Å²) in [6.07, 6.45) is 4.81. The molecule has 0 unspecified atom stereocenters. The fraction of sp³-hybridized carbons (Fsp3) is 0.250. The van der Waals surface area contributed by atoms with Crippen molar-refractivity contribution in [2.75, 3.05) is 25.0 Å². The van der Waals surface area contributed by atoms with E-state index in [0.717, 1.165) is 5.56 Å². The predicted molar refractivity (Wildman–Crippen MR) is 85.0 cm³/mol. The Labute approximate surface area is 134 Å². The summed E-state index contributed by atoms with van der Waals surface area (Å²) in [4.78, 5) is 35.4. The monoisotopic (exact) mass is 311 g/mol. The predicted octanol–water partition coefficient (Wildman–Crippen LogP) is 1.28. The number of hydrogen-bond acceptors (Lipinski definition) is 4. The van der Waals surface area contributed by atoms with E-state index in [-0.39, 0.29) is 11.9 Å². The van der Waals surface area contributed by atoms with Crippen molar-refractivity contribution in [3.8, 4) is 0 Å². The molecule has 3 heterocycles. The van der Waals surface area contributed by atoms with E-state index < -0.39 is 0 Å². The Kier molecular flexibility index (Phi) is 4.18. The van der Waals surface area contributed by atoms with Gasteiger partial charge >= 0.3 is 6.03 Å². The number of carbonyl (C=O) groups is 2. The van der Waals surface area contributed by atoms with Crippen LogP contribution in [-0.2, 0) is 6.54 Å². The number of pyridine rings is 2. The normalized spacial score (nSPS) is 14.2. The third-order valence-electron chi connectivity index (χ3n) is 3.68. The molecule has 1 saturated heterocycles. The molecule has 2 aromatic rings. The minimum Gasteiger partial charge on any atom is -0.348 e. The average molecular weight is 311 g/mol. The van der Waals surface area contributed by atoms with Gasteiger partial charge in [-0.25, -0.2) is 9.78 Å². The zero-order valence-corrected chi connectivity index (χ0v) is 12.8. The first-order valence-electron chi connectivity index (χ1n) is 7.31. The summed E-state index contributed by atoms with van der Waals surface area (Å²) in [5, 5.41) is 2.81. The van der Waals surface area contributed by atoms with E-state index in [1.807, 2.05) is 6.07 Å². The van der Waals surface area contributed by atoms with Gasteiger partial charge in [-0.1, -0.05) is 6.07 Å². The topological polar surface area (TPSA) is 78.4 Å². The van der Waals surface area contributed by atoms with Gasteiger partial charge in [-0.15, -0.1) is 0 Å². The Morgan fingerprint density at radius 1 is 1.26 bits per heavy atom. The van der Waals surface area contributed by atoms with Gasteiger partial charge in [0.05, 0.1) is 5.56 Å². The molecule has 0 atom stereocenters. The van der Waals surface area contributed by atoms with Crippen LogP contribution in [0, 0.1) is 0 Å². The highest BCUT2D eigenvalue weighted by atomic mass is 16.2. The summed E-state index contributed by atoms with van der Waals surface area (Å²) in [6, 6.07) is 7.03. The molecule has 0 aromatic carbocycles. The van der Waals surface area contributed by atoms with Crippen LogP contribution in [-0.4, -0.2) is 46.9 Å². The van der Waals surface area contributed by atoms with Crippen molar-refractivity contribution < 1.29 is 9.59 Å². The Hall–Kier alpha value is -2.96. The molecular weight excluding hydrogens is 294 g/mol. The number of aromatic nitrogens is 2. The van der Waals surface area contributed by atoms with Crippen molar-refractivity contribution in [3.05, 3.63) is 54.0 Å². The van der Waals surface area contributed by atoms with Gasteiger partial charge in [0, 0.05) is 45.3 Å². The largest absolute Gasteiger partial charge is 0.348 e. The molecule has 7 heteroatoms. The van der Waals surface area contributed by atoms with Gasteiger partial charge in [0.25, 0.3) is 5.91 Å². The maximum absolute atomic E-state index is 11.9. The summed E-state index contributed by atoms with van der Waals surface area (Å²) in [7, 11) is 1.77. The molecule has 118 valence electrons. The van der Waals surface area contributed by atoms with Gasteiger partial charge in [0.2, 0.25) is 0 Å². The van der Waals surface area contributed by atoms with Crippen molar-refractivity contribution in [3.63, 3.8) is 0 Å². The lowest BCUT2D eigenvalue weighted by Gasteiger charge is -2.15. The summed E-state index contributed by atoms with van der Waals surface area (Å²) in [5.41, 5.74) is 1.38. The fourth-order valence-corrected chi connectivity index (χ4v) is 2.32. The van der Waals surface area contributed by atoms with Crippen LogP contribution in [0.1, 0.15) is 15.9 Å². The summed E-state index contributed by atoms with van der Waals surface area (Å²) in [5.74, 6) is 0.445. The van der Waals surface area contributed by atoms with Crippen LogP contribution < -0.4 is 10.2 Å². The Morgan fingerprint density at radius 2 is 2.13 bits per heavy atom. The zero-order chi connectivity index (χ0) is 16.2. The van der Waals surface area contributed by atoms with Crippen LogP contribution in [0.4, 0.5) is 10.6 Å². The molecule has 2 aromatic heterocycles. The third-order valence-corrected chi connectivity index (χ3v) is 3.68. The van der Waals surface area contributed by atoms with Crippen LogP contribution in [0.15, 0.2) is 42.9 Å². The van der Waals surface area contributed by atoms with Crippen molar-refractivity contribution in [1.82, 2.24) is 20.2 Å². The standard InChI is InChI=1S/C16H17N5O2/c1-20-7-8-21(16(20)23)14-5-4-12(9-18-14)10-19-15(22)13-3-2-6-17-11-13/h2-6,9,11H,7-8,10H2,1H3,(H,19,22). The average Bonchev–Trinajstić information content (AvgIpc) is 2.93. The first-order valence-corrected chi connectivity index (χ1v) is 7.31. The molecule has 0 aliphatic carbocycles. The second-order valence-electron chi connectivity index (χ2n) is 5.30. The number of nitrogens with zero attached hydrogens (tertiary/aromatic N) is 4. The Bertz CT molecular complexity index is 702. The maximum atomic E-state index is 11.9. The van der Waals surface area contributed by atoms with Crippen molar-refractivity contribution in [2.45, 2.75) is 6.54 Å². The zero-order valence-electron chi connectivity index (χ0n) is 12.8. The van der Waals surface area contributed by atoms with Crippen molar-refractivity contribution >= 4 is 17.8 Å². The van der Waals surface area contributed by atoms with E-state index in [2.05, 4.69) is 15.3 Å². The Morgan fingerprint density at radius 3 is 2.74 bits per heavy atom. The highest BCUT2D eigenvalue weighted by Gasteiger charge is 2.27. The van der Waals surface area contributed by atoms with Crippen molar-refractivity contribution in [2.24, 2.45) is 0 Å². The number of likely N-dealkylation sites (N-methyl/N-ethyl adjacent to an activating group) is 1.